The van der Waals surface area contributed by atoms with Crippen molar-refractivity contribution in [3.05, 3.63) is 36.0 Å². The molecule has 0 radical (unpaired) electrons. The number of halogens is 3. The van der Waals surface area contributed by atoms with Gasteiger partial charge >= 0.3 is 12.1 Å². The van der Waals surface area contributed by atoms with Crippen LogP contribution < -0.4 is 0 Å². The lowest BCUT2D eigenvalue weighted by Crippen LogP contribution is -2.45. The molecule has 1 aromatic carbocycles. The first-order valence-corrected chi connectivity index (χ1v) is 12.2. The van der Waals surface area contributed by atoms with Gasteiger partial charge in [-0.05, 0) is 52.9 Å². The van der Waals surface area contributed by atoms with Crippen LogP contribution in [-0.4, -0.2) is 89.0 Å². The van der Waals surface area contributed by atoms with Crippen LogP contribution in [0, 0.1) is 0 Å². The van der Waals surface area contributed by atoms with Crippen molar-refractivity contribution in [3.8, 4) is 0 Å². The highest BCUT2D eigenvalue weighted by atomic mass is 19.4. The zero-order valence-electron chi connectivity index (χ0n) is 21.9. The smallest absolute Gasteiger partial charge is 0.475 e. The second-order valence-electron chi connectivity index (χ2n) is 9.68. The number of benzene rings is 1. The second-order valence-corrected chi connectivity index (χ2v) is 9.68. The van der Waals surface area contributed by atoms with Crippen LogP contribution in [0.2, 0.25) is 0 Å². The number of alkyl halides is 3. The first kappa shape index (κ1) is 28.5. The number of carbonyl (C=O) groups excluding carboxylic acids is 1. The van der Waals surface area contributed by atoms with E-state index in [-0.39, 0.29) is 5.91 Å². The Morgan fingerprint density at radius 3 is 2.24 bits per heavy atom. The minimum Gasteiger partial charge on any atom is -0.475 e. The van der Waals surface area contributed by atoms with Crippen LogP contribution in [0.4, 0.5) is 13.2 Å². The van der Waals surface area contributed by atoms with Crippen LogP contribution in [0.1, 0.15) is 43.2 Å². The van der Waals surface area contributed by atoms with Gasteiger partial charge in [-0.25, -0.2) is 4.79 Å². The maximum Gasteiger partial charge on any atom is 0.490 e. The number of para-hydroxylation sites is 1. The third-order valence-corrected chi connectivity index (χ3v) is 6.73. The van der Waals surface area contributed by atoms with Gasteiger partial charge in [-0.15, -0.1) is 0 Å². The number of piperidine rings is 1. The van der Waals surface area contributed by atoms with E-state index >= 15 is 0 Å². The highest BCUT2D eigenvalue weighted by Crippen LogP contribution is 2.35. The molecule has 1 N–H and O–H groups in total. The lowest BCUT2D eigenvalue weighted by Gasteiger charge is -2.35. The van der Waals surface area contributed by atoms with E-state index in [1.54, 1.807) is 7.11 Å². The van der Waals surface area contributed by atoms with Gasteiger partial charge in [0.25, 0.3) is 5.91 Å². The molecule has 0 saturated carbocycles. The molecule has 1 aliphatic rings. The van der Waals surface area contributed by atoms with Gasteiger partial charge in [-0.1, -0.05) is 18.2 Å². The molecule has 11 heteroatoms. The first-order valence-electron chi connectivity index (χ1n) is 12.2. The largest absolute Gasteiger partial charge is 0.490 e. The molecule has 0 aliphatic carbocycles. The summed E-state index contributed by atoms with van der Waals surface area (Å²) in [5.41, 5.74) is 4.27. The summed E-state index contributed by atoms with van der Waals surface area (Å²) < 4.78 is 41.7. The summed E-state index contributed by atoms with van der Waals surface area (Å²) >= 11 is 0. The van der Waals surface area contributed by atoms with Crippen molar-refractivity contribution in [1.29, 1.82) is 0 Å². The van der Waals surface area contributed by atoms with Crippen LogP contribution in [0.15, 0.2) is 30.3 Å². The number of amides is 1. The van der Waals surface area contributed by atoms with E-state index in [4.69, 9.17) is 14.6 Å². The van der Waals surface area contributed by atoms with Crippen LogP contribution in [0.5, 0.6) is 0 Å². The number of carboxylic acids is 1. The summed E-state index contributed by atoms with van der Waals surface area (Å²) in [6, 6.07) is 11.5. The van der Waals surface area contributed by atoms with Crippen LogP contribution >= 0.6 is 0 Å². The zero-order chi connectivity index (χ0) is 27.5. The lowest BCUT2D eigenvalue weighted by molar-refractivity contribution is -0.192. The van der Waals surface area contributed by atoms with Gasteiger partial charge < -0.3 is 28.8 Å². The van der Waals surface area contributed by atoms with Crippen molar-refractivity contribution < 1.29 is 32.6 Å². The predicted molar refractivity (Wildman–Crippen MR) is 136 cm³/mol. The van der Waals surface area contributed by atoms with Gasteiger partial charge in [0.1, 0.15) is 5.69 Å². The number of methoxy groups -OCH3 is 1. The minimum atomic E-state index is -5.08. The lowest BCUT2D eigenvalue weighted by atomic mass is 10.0. The number of ether oxygens (including phenoxy) is 1. The van der Waals surface area contributed by atoms with Gasteiger partial charge in [0.05, 0.1) is 23.2 Å². The fourth-order valence-corrected chi connectivity index (χ4v) is 4.91. The Balaban J connectivity index is 0.000000479. The van der Waals surface area contributed by atoms with Gasteiger partial charge in [0, 0.05) is 44.2 Å². The van der Waals surface area contributed by atoms with E-state index in [2.05, 4.69) is 72.3 Å². The van der Waals surface area contributed by atoms with E-state index in [0.29, 0.717) is 25.2 Å². The van der Waals surface area contributed by atoms with Gasteiger partial charge in [-0.3, -0.25) is 4.79 Å². The molecule has 0 spiro atoms. The fraction of sp³-hybridized carbons (Fsp3) is 0.538. The number of likely N-dealkylation sites (tertiary alicyclic amines) is 1. The Labute approximate surface area is 214 Å². The molecule has 0 atom stereocenters. The molecule has 1 amide bonds. The predicted octanol–water partition coefficient (Wildman–Crippen LogP) is 4.62. The van der Waals surface area contributed by atoms with E-state index in [1.165, 1.54) is 10.9 Å². The highest BCUT2D eigenvalue weighted by Gasteiger charge is 2.38. The van der Waals surface area contributed by atoms with Gasteiger partial charge in [-0.2, -0.15) is 13.2 Å². The third-order valence-electron chi connectivity index (χ3n) is 6.73. The number of hydrogen-bond donors (Lipinski definition) is 1. The van der Waals surface area contributed by atoms with E-state index in [1.807, 2.05) is 4.90 Å². The summed E-state index contributed by atoms with van der Waals surface area (Å²) in [5.74, 6) is -2.62. The van der Waals surface area contributed by atoms with Crippen molar-refractivity contribution in [1.82, 2.24) is 18.9 Å². The molecule has 2 aromatic heterocycles. The van der Waals surface area contributed by atoms with Crippen LogP contribution in [0.3, 0.4) is 0 Å². The van der Waals surface area contributed by atoms with E-state index < -0.39 is 12.1 Å². The van der Waals surface area contributed by atoms with Crippen molar-refractivity contribution in [2.75, 3.05) is 40.9 Å². The van der Waals surface area contributed by atoms with E-state index in [0.717, 1.165) is 42.7 Å². The molecule has 0 unspecified atom stereocenters. The average Bonchev–Trinajstić information content (AvgIpc) is 3.36. The van der Waals surface area contributed by atoms with Crippen molar-refractivity contribution in [2.45, 2.75) is 51.5 Å². The maximum absolute atomic E-state index is 13.6. The molecular formula is C26H35F3N4O4. The van der Waals surface area contributed by atoms with Crippen molar-refractivity contribution in [3.63, 3.8) is 0 Å². The number of fused-ring (bicyclic) bond motifs is 3. The first-order chi connectivity index (χ1) is 17.4. The Bertz CT molecular complexity index is 1240. The Morgan fingerprint density at radius 2 is 1.73 bits per heavy atom. The molecule has 4 rings (SSSR count). The average molecular weight is 525 g/mol. The maximum atomic E-state index is 13.6. The summed E-state index contributed by atoms with van der Waals surface area (Å²) in [4.78, 5) is 26.8. The highest BCUT2D eigenvalue weighted by molar-refractivity contribution is 6.10. The number of nitrogens with zero attached hydrogens (tertiary/aromatic N) is 4. The van der Waals surface area contributed by atoms with Crippen LogP contribution in [-0.2, 0) is 16.1 Å². The Kier molecular flexibility index (Phi) is 8.91. The summed E-state index contributed by atoms with van der Waals surface area (Å²) in [5, 5.41) is 8.32. The summed E-state index contributed by atoms with van der Waals surface area (Å²) in [6.45, 7) is 7.27. The van der Waals surface area contributed by atoms with Gasteiger partial charge in [0.15, 0.2) is 0 Å². The molecule has 3 heterocycles. The van der Waals surface area contributed by atoms with Crippen LogP contribution in [0.25, 0.3) is 21.9 Å². The van der Waals surface area contributed by atoms with Gasteiger partial charge in [0.2, 0.25) is 0 Å². The number of hydrogen-bond acceptors (Lipinski definition) is 4. The molecule has 1 aliphatic heterocycles. The van der Waals surface area contributed by atoms with Crippen molar-refractivity contribution in [2.24, 2.45) is 0 Å². The standard InChI is InChI=1S/C24H34N4O2.C2HF3O2/c1-17(2)28-20-9-7-6-8-19(20)23-21(28)16-22(27(23)14-15-30-5)24(29)26-12-10-18(11-13-26)25(3)4;3-2(4,5)1(6)7/h6-9,16-18H,10-15H2,1-5H3;(H,6,7). The minimum absolute atomic E-state index is 0.138. The molecule has 0 bridgehead atoms. The normalized spacial score (nSPS) is 15.0. The third kappa shape index (κ3) is 6.10. The number of carbonyl (C=O) groups is 2. The quantitative estimate of drug-likeness (QED) is 0.509. The summed E-state index contributed by atoms with van der Waals surface area (Å²) in [7, 11) is 5.96. The molecular weight excluding hydrogens is 489 g/mol. The SMILES string of the molecule is COCCn1c(C(=O)N2CCC(N(C)C)CC2)cc2c1c1ccccc1n2C(C)C.O=C(O)C(F)(F)F. The summed E-state index contributed by atoms with van der Waals surface area (Å²) in [6.07, 6.45) is -3.03. The number of rotatable bonds is 6. The molecule has 204 valence electrons. The number of aliphatic carboxylic acids is 1. The molecule has 3 aromatic rings. The molecule has 1 saturated heterocycles. The Hall–Kier alpha value is -3.05. The molecule has 37 heavy (non-hydrogen) atoms. The fourth-order valence-electron chi connectivity index (χ4n) is 4.91. The zero-order valence-corrected chi connectivity index (χ0v) is 21.9. The second kappa shape index (κ2) is 11.6. The molecule has 1 fully saturated rings. The number of aromatic nitrogens is 2. The van der Waals surface area contributed by atoms with E-state index in [9.17, 15) is 18.0 Å². The monoisotopic (exact) mass is 524 g/mol. The van der Waals surface area contributed by atoms with Crippen molar-refractivity contribution >= 4 is 33.8 Å². The topological polar surface area (TPSA) is 79.9 Å². The Morgan fingerprint density at radius 1 is 1.14 bits per heavy atom. The molecule has 8 nitrogen and oxygen atoms in total. The number of carboxylic acid groups (broad SMARTS) is 1.